The van der Waals surface area contributed by atoms with E-state index in [9.17, 15) is 4.79 Å². The maximum Gasteiger partial charge on any atom is 0.188 e. The molecular weight excluding hydrogens is 495 g/mol. The summed E-state index contributed by atoms with van der Waals surface area (Å²) in [6, 6.07) is 18.5. The van der Waals surface area contributed by atoms with Crippen LogP contribution in [-0.4, -0.2) is 64.8 Å². The number of carbonyl (C=O) groups is 1. The van der Waals surface area contributed by atoms with Crippen LogP contribution in [0.25, 0.3) is 0 Å². The number of fused-ring (bicyclic) bond motifs is 1. The maximum atomic E-state index is 10.5. The lowest BCUT2D eigenvalue weighted by Gasteiger charge is -2.46. The summed E-state index contributed by atoms with van der Waals surface area (Å²) in [6.45, 7) is 11.9. The topological polar surface area (TPSA) is 39.7 Å². The highest BCUT2D eigenvalue weighted by Gasteiger charge is 2.33. The van der Waals surface area contributed by atoms with Gasteiger partial charge >= 0.3 is 0 Å². The molecule has 2 aliphatic rings. The molecule has 196 valence electrons. The molecule has 0 unspecified atom stereocenters. The van der Waals surface area contributed by atoms with Crippen LogP contribution in [-0.2, 0) is 6.42 Å². The molecule has 5 nitrogen and oxygen atoms in total. The fourth-order valence-corrected chi connectivity index (χ4v) is 6.00. The van der Waals surface area contributed by atoms with Crippen LogP contribution in [0.4, 0.5) is 11.4 Å². The van der Waals surface area contributed by atoms with Crippen molar-refractivity contribution in [3.8, 4) is 0 Å². The molecule has 7 heteroatoms. The summed E-state index contributed by atoms with van der Waals surface area (Å²) >= 11 is 1.37. The first kappa shape index (κ1) is 27.7. The number of benzene rings is 2. The van der Waals surface area contributed by atoms with Gasteiger partial charge in [0.2, 0.25) is 0 Å². The van der Waals surface area contributed by atoms with Gasteiger partial charge in [-0.1, -0.05) is 38.1 Å². The number of carbonyl (C=O) groups excluding carboxylic acids is 1. The highest BCUT2D eigenvalue weighted by molar-refractivity contribution is 7.21. The van der Waals surface area contributed by atoms with E-state index in [0.717, 1.165) is 26.1 Å². The summed E-state index contributed by atoms with van der Waals surface area (Å²) in [4.78, 5) is 21.9. The van der Waals surface area contributed by atoms with Gasteiger partial charge in [-0.05, 0) is 74.2 Å². The third-order valence-electron chi connectivity index (χ3n) is 6.99. The highest BCUT2D eigenvalue weighted by Crippen LogP contribution is 2.34. The summed E-state index contributed by atoms with van der Waals surface area (Å²) in [5.41, 5.74) is 6.68. The molecule has 1 aromatic heterocycles. The number of thiazole rings is 1. The van der Waals surface area contributed by atoms with Crippen molar-refractivity contribution in [1.82, 2.24) is 14.8 Å². The molecule has 1 fully saturated rings. The van der Waals surface area contributed by atoms with E-state index in [1.165, 1.54) is 78.5 Å². The average Bonchev–Trinajstić information content (AvgIpc) is 3.44. The number of aromatic nitrogens is 1. The van der Waals surface area contributed by atoms with Gasteiger partial charge in [-0.2, -0.15) is 0 Å². The van der Waals surface area contributed by atoms with Crippen molar-refractivity contribution in [2.24, 2.45) is 0 Å². The second-order valence-electron chi connectivity index (χ2n) is 9.77. The molecule has 0 saturated carbocycles. The maximum absolute atomic E-state index is 10.5. The zero-order valence-electron chi connectivity index (χ0n) is 22.3. The van der Waals surface area contributed by atoms with Crippen LogP contribution in [0.15, 0.2) is 60.1 Å². The number of para-hydroxylation sites is 1. The fourth-order valence-electron chi connectivity index (χ4n) is 5.12. The van der Waals surface area contributed by atoms with E-state index in [2.05, 4.69) is 90.9 Å². The zero-order valence-corrected chi connectivity index (χ0v) is 24.1. The molecule has 37 heavy (non-hydrogen) atoms. The Hall–Kier alpha value is -2.37. The van der Waals surface area contributed by atoms with Crippen molar-refractivity contribution < 1.29 is 4.79 Å². The van der Waals surface area contributed by atoms with Crippen molar-refractivity contribution in [3.63, 3.8) is 0 Å². The predicted molar refractivity (Wildman–Crippen MR) is 160 cm³/mol. The number of rotatable bonds is 9. The number of anilines is 2. The molecule has 0 N–H and O–H groups in total. The van der Waals surface area contributed by atoms with Crippen LogP contribution in [0, 0.1) is 0 Å². The molecule has 0 spiro atoms. The Kier molecular flexibility index (Phi) is 10.0. The molecule has 2 aliphatic heterocycles. The summed E-state index contributed by atoms with van der Waals surface area (Å²) in [5, 5.41) is 2.38. The van der Waals surface area contributed by atoms with Crippen LogP contribution < -0.4 is 4.90 Å². The highest BCUT2D eigenvalue weighted by atomic mass is 32.1. The first-order valence-corrected chi connectivity index (χ1v) is 14.8. The molecule has 3 heterocycles. The van der Waals surface area contributed by atoms with Crippen molar-refractivity contribution in [2.45, 2.75) is 52.5 Å². The number of aryl methyl sites for hydroxylation is 1. The largest absolute Gasteiger partial charge is 0.341 e. The zero-order chi connectivity index (χ0) is 26.2. The Morgan fingerprint density at radius 1 is 1.11 bits per heavy atom. The minimum Gasteiger partial charge on any atom is -0.341 e. The predicted octanol–water partition coefficient (Wildman–Crippen LogP) is 6.54. The van der Waals surface area contributed by atoms with E-state index in [1.54, 1.807) is 11.6 Å². The summed E-state index contributed by atoms with van der Waals surface area (Å²) < 4.78 is 0. The van der Waals surface area contributed by atoms with Gasteiger partial charge in [0.25, 0.3) is 0 Å². The van der Waals surface area contributed by atoms with Crippen LogP contribution in [0.1, 0.15) is 61.0 Å². The molecule has 0 bridgehead atoms. The van der Waals surface area contributed by atoms with Crippen LogP contribution in [0.2, 0.25) is 0 Å². The third kappa shape index (κ3) is 6.94. The average molecular weight is 535 g/mol. The molecule has 0 atom stereocenters. The monoisotopic (exact) mass is 534 g/mol. The lowest BCUT2D eigenvalue weighted by Crippen LogP contribution is -2.61. The first-order valence-electron chi connectivity index (χ1n) is 13.5. The number of ketones is 1. The molecule has 2 aromatic carbocycles. The number of hydrogen-bond donors (Lipinski definition) is 0. The molecule has 5 rings (SSSR count). The molecule has 3 aromatic rings. The quantitative estimate of drug-likeness (QED) is 0.230. The minimum absolute atomic E-state index is 0.0417. The van der Waals surface area contributed by atoms with Crippen molar-refractivity contribution in [1.29, 1.82) is 0 Å². The van der Waals surface area contributed by atoms with Crippen molar-refractivity contribution in [2.75, 3.05) is 37.6 Å². The Morgan fingerprint density at radius 2 is 1.84 bits per heavy atom. The Balaban J connectivity index is 0.000000342. The number of hydrogen-bond acceptors (Lipinski definition) is 5. The van der Waals surface area contributed by atoms with Crippen LogP contribution in [0.5, 0.6) is 0 Å². The van der Waals surface area contributed by atoms with E-state index < -0.39 is 0 Å². The number of nitrogens with zero attached hydrogens (tertiary/aromatic N) is 4. The Labute approximate surface area is 228 Å². The standard InChI is InChI=1S/C25H34N3P.C5H5NOS/c1-3-14-26(15-4-2)23-18-27(19-23)25(29)21-12-13-24-20(17-21)9-8-16-28(24)22-10-6-5-7-11-22;1-4(7)5-6-2-3-8-5/h5-7,10-13,17,23,29H,3-4,8-9,14-16,18-19H2,1-2H3;2-3H,1H3. The van der Waals surface area contributed by atoms with Crippen LogP contribution in [0.3, 0.4) is 0 Å². The van der Waals surface area contributed by atoms with Gasteiger partial charge in [-0.25, -0.2) is 4.98 Å². The Morgan fingerprint density at radius 3 is 2.43 bits per heavy atom. The molecule has 0 radical (unpaired) electrons. The van der Waals surface area contributed by atoms with Gasteiger partial charge in [0.1, 0.15) is 0 Å². The molecule has 0 aliphatic carbocycles. The summed E-state index contributed by atoms with van der Waals surface area (Å²) in [5.74, 6) is 0.0417. The summed E-state index contributed by atoms with van der Waals surface area (Å²) in [7, 11) is 3.98. The van der Waals surface area contributed by atoms with Gasteiger partial charge in [-0.3, -0.25) is 14.6 Å². The smallest absolute Gasteiger partial charge is 0.188 e. The van der Waals surface area contributed by atoms with Crippen LogP contribution >= 0.6 is 20.2 Å². The Bertz CT molecular complexity index is 1160. The van der Waals surface area contributed by atoms with Gasteiger partial charge in [0, 0.05) is 61.0 Å². The van der Waals surface area contributed by atoms with E-state index in [1.807, 2.05) is 0 Å². The molecule has 1 saturated heterocycles. The molecular formula is C30H39N4OPS. The van der Waals surface area contributed by atoms with Gasteiger partial charge in [0.15, 0.2) is 10.8 Å². The van der Waals surface area contributed by atoms with Crippen molar-refractivity contribution >= 4 is 42.8 Å². The van der Waals surface area contributed by atoms with E-state index >= 15 is 0 Å². The molecule has 0 amide bonds. The first-order chi connectivity index (χ1) is 18.0. The second kappa shape index (κ2) is 13.4. The lowest BCUT2D eigenvalue weighted by atomic mass is 9.97. The lowest BCUT2D eigenvalue weighted by molar-refractivity contribution is 0.0818. The minimum atomic E-state index is 0.0417. The number of Topliss-reactive ketones (excluding diaryl/α,β-unsaturated/α-hetero) is 1. The van der Waals surface area contributed by atoms with E-state index in [-0.39, 0.29) is 5.78 Å². The van der Waals surface area contributed by atoms with Gasteiger partial charge < -0.3 is 4.90 Å². The van der Waals surface area contributed by atoms with Gasteiger partial charge in [-0.15, -0.1) is 20.2 Å². The summed E-state index contributed by atoms with van der Waals surface area (Å²) in [6.07, 6.45) is 6.47. The van der Waals surface area contributed by atoms with Gasteiger partial charge in [0.05, 0.1) is 0 Å². The third-order valence-corrected chi connectivity index (χ3v) is 8.47. The van der Waals surface area contributed by atoms with Crippen molar-refractivity contribution in [3.05, 3.63) is 76.2 Å². The SMILES string of the molecule is CC(=O)c1nccs1.CCCN(CCC)C1CN(C(=P)c2ccc3c(c2)CCCN3c2ccccc2)C1. The normalized spacial score (nSPS) is 15.5. The fraction of sp³-hybridized carbons (Fsp3) is 0.433. The van der Waals surface area contributed by atoms with E-state index in [0.29, 0.717) is 11.0 Å². The number of likely N-dealkylation sites (tertiary alicyclic amines) is 1. The second-order valence-corrected chi connectivity index (χ2v) is 11.1. The van der Waals surface area contributed by atoms with E-state index in [4.69, 9.17) is 0 Å².